The van der Waals surface area contributed by atoms with Gasteiger partial charge in [0.25, 0.3) is 0 Å². The third kappa shape index (κ3) is 1.77. The SMILES string of the molecule is CN(CC(N)=O)c1cc2[nH]ncc2cc1N. The van der Waals surface area contributed by atoms with Crippen LogP contribution in [0.2, 0.25) is 0 Å². The van der Waals surface area contributed by atoms with E-state index in [1.54, 1.807) is 18.1 Å². The molecule has 1 aromatic carbocycles. The number of nitrogens with zero attached hydrogens (tertiary/aromatic N) is 2. The Kier molecular flexibility index (Phi) is 2.40. The van der Waals surface area contributed by atoms with Crippen LogP contribution in [0.4, 0.5) is 11.4 Å². The molecule has 0 unspecified atom stereocenters. The zero-order valence-corrected chi connectivity index (χ0v) is 8.90. The molecule has 1 aromatic heterocycles. The van der Waals surface area contributed by atoms with Gasteiger partial charge in [0.2, 0.25) is 5.91 Å². The lowest BCUT2D eigenvalue weighted by atomic mass is 10.2. The van der Waals surface area contributed by atoms with Gasteiger partial charge in [-0.05, 0) is 12.1 Å². The molecular formula is C10H13N5O. The number of likely N-dealkylation sites (N-methyl/N-ethyl adjacent to an activating group) is 1. The maximum Gasteiger partial charge on any atom is 0.236 e. The van der Waals surface area contributed by atoms with Crippen molar-refractivity contribution in [3.05, 3.63) is 18.3 Å². The molecule has 5 N–H and O–H groups in total. The van der Waals surface area contributed by atoms with Crippen molar-refractivity contribution in [1.29, 1.82) is 0 Å². The fraction of sp³-hybridized carbons (Fsp3) is 0.200. The maximum atomic E-state index is 10.8. The van der Waals surface area contributed by atoms with Crippen LogP contribution < -0.4 is 16.4 Å². The number of amides is 1. The number of aromatic amines is 1. The van der Waals surface area contributed by atoms with Crippen molar-refractivity contribution in [3.63, 3.8) is 0 Å². The summed E-state index contributed by atoms with van der Waals surface area (Å²) in [5.74, 6) is -0.397. The van der Waals surface area contributed by atoms with Crippen LogP contribution in [0.15, 0.2) is 18.3 Å². The van der Waals surface area contributed by atoms with Crippen molar-refractivity contribution in [2.45, 2.75) is 0 Å². The van der Waals surface area contributed by atoms with E-state index >= 15 is 0 Å². The third-order valence-corrected chi connectivity index (χ3v) is 2.39. The van der Waals surface area contributed by atoms with Gasteiger partial charge in [-0.1, -0.05) is 0 Å². The number of nitrogens with two attached hydrogens (primary N) is 2. The second-order valence-corrected chi connectivity index (χ2v) is 3.69. The van der Waals surface area contributed by atoms with Crippen molar-refractivity contribution in [2.24, 2.45) is 5.73 Å². The predicted octanol–water partition coefficient (Wildman–Crippen LogP) is 0.0666. The largest absolute Gasteiger partial charge is 0.397 e. The summed E-state index contributed by atoms with van der Waals surface area (Å²) in [4.78, 5) is 12.5. The average Bonchev–Trinajstić information content (AvgIpc) is 2.61. The van der Waals surface area contributed by atoms with E-state index in [9.17, 15) is 4.79 Å². The van der Waals surface area contributed by atoms with E-state index in [2.05, 4.69) is 10.2 Å². The van der Waals surface area contributed by atoms with Crippen molar-refractivity contribution < 1.29 is 4.79 Å². The van der Waals surface area contributed by atoms with Gasteiger partial charge in [-0.25, -0.2) is 0 Å². The summed E-state index contributed by atoms with van der Waals surface area (Å²) in [5, 5.41) is 7.70. The van der Waals surface area contributed by atoms with Crippen LogP contribution in [0.1, 0.15) is 0 Å². The molecule has 0 radical (unpaired) electrons. The van der Waals surface area contributed by atoms with Crippen LogP contribution in [-0.4, -0.2) is 29.7 Å². The molecule has 0 saturated heterocycles. The Labute approximate surface area is 92.2 Å². The van der Waals surface area contributed by atoms with Crippen LogP contribution in [0.3, 0.4) is 0 Å². The van der Waals surface area contributed by atoms with Gasteiger partial charge in [0.1, 0.15) is 0 Å². The molecule has 1 heterocycles. The minimum atomic E-state index is -0.397. The van der Waals surface area contributed by atoms with Crippen molar-refractivity contribution in [1.82, 2.24) is 10.2 Å². The first-order valence-corrected chi connectivity index (χ1v) is 4.80. The van der Waals surface area contributed by atoms with Crippen LogP contribution in [0.25, 0.3) is 10.9 Å². The molecule has 0 aliphatic carbocycles. The van der Waals surface area contributed by atoms with Gasteiger partial charge in [0.05, 0.1) is 29.6 Å². The number of benzene rings is 1. The summed E-state index contributed by atoms with van der Waals surface area (Å²) < 4.78 is 0. The van der Waals surface area contributed by atoms with Gasteiger partial charge in [0.15, 0.2) is 0 Å². The molecule has 2 rings (SSSR count). The Balaban J connectivity index is 2.42. The highest BCUT2D eigenvalue weighted by molar-refractivity contribution is 5.90. The van der Waals surface area contributed by atoms with E-state index in [4.69, 9.17) is 11.5 Å². The Morgan fingerprint density at radius 1 is 1.56 bits per heavy atom. The first kappa shape index (κ1) is 10.3. The van der Waals surface area contributed by atoms with Crippen molar-refractivity contribution in [2.75, 3.05) is 24.2 Å². The summed E-state index contributed by atoms with van der Waals surface area (Å²) in [6, 6.07) is 3.66. The first-order chi connectivity index (χ1) is 7.58. The minimum Gasteiger partial charge on any atom is -0.397 e. The van der Waals surface area contributed by atoms with Crippen molar-refractivity contribution >= 4 is 28.2 Å². The number of hydrogen-bond donors (Lipinski definition) is 3. The lowest BCUT2D eigenvalue weighted by Gasteiger charge is -2.19. The summed E-state index contributed by atoms with van der Waals surface area (Å²) in [6.45, 7) is 0.129. The maximum absolute atomic E-state index is 10.8. The fourth-order valence-electron chi connectivity index (χ4n) is 1.65. The number of primary amides is 1. The smallest absolute Gasteiger partial charge is 0.236 e. The van der Waals surface area contributed by atoms with Crippen LogP contribution in [-0.2, 0) is 4.79 Å². The van der Waals surface area contributed by atoms with Gasteiger partial charge >= 0.3 is 0 Å². The number of nitrogen functional groups attached to an aromatic ring is 1. The standard InChI is InChI=1S/C10H13N5O/c1-15(5-10(12)16)9-3-8-6(2-7(9)11)4-13-14-8/h2-4H,5,11H2,1H3,(H2,12,16)(H,13,14). The number of hydrogen-bond acceptors (Lipinski definition) is 4. The topological polar surface area (TPSA) is 101 Å². The molecule has 0 aliphatic heterocycles. The minimum absolute atomic E-state index is 0.129. The van der Waals surface area contributed by atoms with E-state index in [1.165, 1.54) is 0 Å². The van der Waals surface area contributed by atoms with Gasteiger partial charge in [-0.3, -0.25) is 9.89 Å². The highest BCUT2D eigenvalue weighted by atomic mass is 16.1. The summed E-state index contributed by atoms with van der Waals surface area (Å²) in [6.07, 6.45) is 1.70. The monoisotopic (exact) mass is 219 g/mol. The molecule has 16 heavy (non-hydrogen) atoms. The molecule has 0 spiro atoms. The second-order valence-electron chi connectivity index (χ2n) is 3.69. The fourth-order valence-corrected chi connectivity index (χ4v) is 1.65. The molecule has 0 saturated carbocycles. The van der Waals surface area contributed by atoms with E-state index < -0.39 is 5.91 Å². The number of aromatic nitrogens is 2. The van der Waals surface area contributed by atoms with Crippen LogP contribution in [0, 0.1) is 0 Å². The van der Waals surface area contributed by atoms with Crippen LogP contribution in [0.5, 0.6) is 0 Å². The van der Waals surface area contributed by atoms with Crippen molar-refractivity contribution in [3.8, 4) is 0 Å². The predicted molar refractivity (Wildman–Crippen MR) is 63.0 cm³/mol. The van der Waals surface area contributed by atoms with E-state index in [0.29, 0.717) is 5.69 Å². The third-order valence-electron chi connectivity index (χ3n) is 2.39. The van der Waals surface area contributed by atoms with Gasteiger partial charge < -0.3 is 16.4 Å². The summed E-state index contributed by atoms with van der Waals surface area (Å²) in [5.41, 5.74) is 13.2. The second kappa shape index (κ2) is 3.73. The number of anilines is 2. The lowest BCUT2D eigenvalue weighted by molar-refractivity contribution is -0.116. The van der Waals surface area contributed by atoms with Gasteiger partial charge in [-0.15, -0.1) is 0 Å². The molecule has 0 aliphatic rings. The van der Waals surface area contributed by atoms with Gasteiger partial charge in [-0.2, -0.15) is 5.10 Å². The number of H-pyrrole nitrogens is 1. The molecule has 0 atom stereocenters. The van der Waals surface area contributed by atoms with E-state index in [0.717, 1.165) is 16.6 Å². The molecule has 6 heteroatoms. The average molecular weight is 219 g/mol. The normalized spacial score (nSPS) is 10.6. The number of fused-ring (bicyclic) bond motifs is 1. The zero-order chi connectivity index (χ0) is 11.7. The Bertz CT molecular complexity index is 533. The molecule has 0 bridgehead atoms. The Morgan fingerprint density at radius 2 is 2.31 bits per heavy atom. The number of rotatable bonds is 3. The Morgan fingerprint density at radius 3 is 3.00 bits per heavy atom. The summed E-state index contributed by atoms with van der Waals surface area (Å²) in [7, 11) is 1.76. The van der Waals surface area contributed by atoms with Gasteiger partial charge in [0, 0.05) is 12.4 Å². The zero-order valence-electron chi connectivity index (χ0n) is 8.90. The molecule has 2 aromatic rings. The first-order valence-electron chi connectivity index (χ1n) is 4.80. The van der Waals surface area contributed by atoms with Crippen LogP contribution >= 0.6 is 0 Å². The number of nitrogens with one attached hydrogen (secondary N) is 1. The number of carbonyl (C=O) groups is 1. The highest BCUT2D eigenvalue weighted by Gasteiger charge is 2.09. The van der Waals surface area contributed by atoms with E-state index in [-0.39, 0.29) is 6.54 Å². The summed E-state index contributed by atoms with van der Waals surface area (Å²) >= 11 is 0. The van der Waals surface area contributed by atoms with E-state index in [1.807, 2.05) is 12.1 Å². The number of carbonyl (C=O) groups excluding carboxylic acids is 1. The molecule has 84 valence electrons. The Hall–Kier alpha value is -2.24. The lowest BCUT2D eigenvalue weighted by Crippen LogP contribution is -2.30. The molecule has 1 amide bonds. The molecule has 6 nitrogen and oxygen atoms in total. The molecular weight excluding hydrogens is 206 g/mol. The quantitative estimate of drug-likeness (QED) is 0.635. The highest BCUT2D eigenvalue weighted by Crippen LogP contribution is 2.26. The molecule has 0 fully saturated rings.